The van der Waals surface area contributed by atoms with Gasteiger partial charge in [0.25, 0.3) is 0 Å². The number of halogens is 1. The van der Waals surface area contributed by atoms with Gasteiger partial charge in [0, 0.05) is 10.7 Å². The van der Waals surface area contributed by atoms with Gasteiger partial charge < -0.3 is 11.5 Å². The standard InChI is InChI=1S/C10H11ClN4O2/c11-5-1-3-6(4-2-5)15-8(13)7(12)9(16)14-10(15)17/h1-4,7-8H,12-13H2,(H,14,16,17). The number of nitrogens with two attached hydrogens (primary N) is 2. The second-order valence-electron chi connectivity index (χ2n) is 3.66. The van der Waals surface area contributed by atoms with E-state index >= 15 is 0 Å². The fraction of sp³-hybridized carbons (Fsp3) is 0.200. The normalized spacial score (nSPS) is 24.8. The molecule has 3 amide bonds. The summed E-state index contributed by atoms with van der Waals surface area (Å²) in [5, 5.41) is 2.67. The molecule has 17 heavy (non-hydrogen) atoms. The number of hydrogen-bond donors (Lipinski definition) is 3. The van der Waals surface area contributed by atoms with E-state index < -0.39 is 24.1 Å². The number of carbonyl (C=O) groups is 2. The molecule has 2 rings (SSSR count). The second kappa shape index (κ2) is 4.33. The van der Waals surface area contributed by atoms with Gasteiger partial charge in [-0.15, -0.1) is 0 Å². The van der Waals surface area contributed by atoms with Crippen LogP contribution in [0.3, 0.4) is 0 Å². The van der Waals surface area contributed by atoms with Gasteiger partial charge in [-0.1, -0.05) is 11.6 Å². The number of rotatable bonds is 1. The Bertz CT molecular complexity index is 462. The van der Waals surface area contributed by atoms with Gasteiger partial charge in [-0.25, -0.2) is 4.79 Å². The van der Waals surface area contributed by atoms with Crippen LogP contribution in [-0.2, 0) is 4.79 Å². The number of nitrogens with one attached hydrogen (secondary N) is 1. The van der Waals surface area contributed by atoms with E-state index in [0.717, 1.165) is 0 Å². The van der Waals surface area contributed by atoms with Crippen molar-refractivity contribution in [3.63, 3.8) is 0 Å². The van der Waals surface area contributed by atoms with E-state index in [9.17, 15) is 9.59 Å². The van der Waals surface area contributed by atoms with Crippen molar-refractivity contribution in [2.45, 2.75) is 12.2 Å². The lowest BCUT2D eigenvalue weighted by molar-refractivity contribution is -0.122. The highest BCUT2D eigenvalue weighted by Crippen LogP contribution is 2.21. The molecule has 1 aliphatic heterocycles. The maximum Gasteiger partial charge on any atom is 0.329 e. The van der Waals surface area contributed by atoms with Crippen molar-refractivity contribution >= 4 is 29.2 Å². The van der Waals surface area contributed by atoms with E-state index in [1.807, 2.05) is 0 Å². The van der Waals surface area contributed by atoms with Gasteiger partial charge in [-0.05, 0) is 24.3 Å². The summed E-state index contributed by atoms with van der Waals surface area (Å²) in [7, 11) is 0. The Labute approximate surface area is 103 Å². The zero-order chi connectivity index (χ0) is 12.6. The summed E-state index contributed by atoms with van der Waals surface area (Å²) in [5.41, 5.74) is 11.9. The van der Waals surface area contributed by atoms with E-state index in [1.54, 1.807) is 24.3 Å². The molecule has 1 heterocycles. The lowest BCUT2D eigenvalue weighted by Crippen LogP contribution is -2.69. The van der Waals surface area contributed by atoms with Crippen LogP contribution in [0.4, 0.5) is 10.5 Å². The molecule has 1 saturated heterocycles. The molecule has 7 heteroatoms. The predicted molar refractivity (Wildman–Crippen MR) is 63.4 cm³/mol. The number of hydrogen-bond acceptors (Lipinski definition) is 4. The predicted octanol–water partition coefficient (Wildman–Crippen LogP) is 0.00830. The minimum absolute atomic E-state index is 0.530. The molecule has 1 aliphatic rings. The van der Waals surface area contributed by atoms with E-state index in [1.165, 1.54) is 4.90 Å². The molecule has 1 aromatic carbocycles. The Morgan fingerprint density at radius 2 is 1.76 bits per heavy atom. The highest BCUT2D eigenvalue weighted by Gasteiger charge is 2.37. The number of imide groups is 1. The SMILES string of the molecule is NC1C(=O)NC(=O)N(c2ccc(Cl)cc2)C1N. The molecule has 2 unspecified atom stereocenters. The molecule has 0 saturated carbocycles. The molecule has 0 radical (unpaired) electrons. The number of anilines is 1. The molecular weight excluding hydrogens is 244 g/mol. The first-order valence-electron chi connectivity index (χ1n) is 4.91. The molecule has 1 fully saturated rings. The summed E-state index contributed by atoms with van der Waals surface area (Å²) in [4.78, 5) is 24.2. The lowest BCUT2D eigenvalue weighted by Gasteiger charge is -2.36. The number of carbonyl (C=O) groups excluding carboxylic acids is 2. The minimum atomic E-state index is -0.955. The summed E-state index contributed by atoms with van der Waals surface area (Å²) in [6.07, 6.45) is -0.891. The van der Waals surface area contributed by atoms with Gasteiger partial charge in [-0.3, -0.25) is 15.0 Å². The fourth-order valence-electron chi connectivity index (χ4n) is 1.59. The highest BCUT2D eigenvalue weighted by atomic mass is 35.5. The van der Waals surface area contributed by atoms with Gasteiger partial charge in [0.2, 0.25) is 5.91 Å². The van der Waals surface area contributed by atoms with Gasteiger partial charge in [0.1, 0.15) is 12.2 Å². The highest BCUT2D eigenvalue weighted by molar-refractivity contribution is 6.30. The molecular formula is C10H11ClN4O2. The first-order valence-corrected chi connectivity index (χ1v) is 5.29. The topological polar surface area (TPSA) is 101 Å². The lowest BCUT2D eigenvalue weighted by atomic mass is 10.1. The van der Waals surface area contributed by atoms with Crippen molar-refractivity contribution in [2.75, 3.05) is 4.90 Å². The minimum Gasteiger partial charge on any atom is -0.317 e. The fourth-order valence-corrected chi connectivity index (χ4v) is 1.72. The Morgan fingerprint density at radius 1 is 1.18 bits per heavy atom. The van der Waals surface area contributed by atoms with Gasteiger partial charge in [0.05, 0.1) is 0 Å². The van der Waals surface area contributed by atoms with Crippen LogP contribution >= 0.6 is 11.6 Å². The van der Waals surface area contributed by atoms with Crippen LogP contribution in [0.5, 0.6) is 0 Å². The molecule has 2 atom stereocenters. The monoisotopic (exact) mass is 254 g/mol. The zero-order valence-electron chi connectivity index (χ0n) is 8.76. The van der Waals surface area contributed by atoms with Crippen molar-refractivity contribution in [1.82, 2.24) is 5.32 Å². The average Bonchev–Trinajstić information content (AvgIpc) is 2.29. The Balaban J connectivity index is 2.33. The number of benzene rings is 1. The third kappa shape index (κ3) is 2.10. The van der Waals surface area contributed by atoms with E-state index in [2.05, 4.69) is 5.32 Å². The molecule has 0 spiro atoms. The maximum absolute atomic E-state index is 11.7. The van der Waals surface area contributed by atoms with E-state index in [4.69, 9.17) is 23.1 Å². The van der Waals surface area contributed by atoms with Crippen molar-refractivity contribution in [1.29, 1.82) is 0 Å². The van der Waals surface area contributed by atoms with Crippen molar-refractivity contribution < 1.29 is 9.59 Å². The third-order valence-electron chi connectivity index (χ3n) is 2.52. The molecule has 0 aromatic heterocycles. The number of amides is 3. The second-order valence-corrected chi connectivity index (χ2v) is 4.09. The van der Waals surface area contributed by atoms with Crippen molar-refractivity contribution in [2.24, 2.45) is 11.5 Å². The summed E-state index contributed by atoms with van der Waals surface area (Å²) in [6, 6.07) is 4.96. The third-order valence-corrected chi connectivity index (χ3v) is 2.77. The Morgan fingerprint density at radius 3 is 2.35 bits per heavy atom. The molecule has 5 N–H and O–H groups in total. The first kappa shape index (κ1) is 11.8. The van der Waals surface area contributed by atoms with Crippen molar-refractivity contribution in [3.05, 3.63) is 29.3 Å². The summed E-state index contributed by atoms with van der Waals surface area (Å²) in [6.45, 7) is 0. The molecule has 0 bridgehead atoms. The largest absolute Gasteiger partial charge is 0.329 e. The quantitative estimate of drug-likeness (QED) is 0.657. The van der Waals surface area contributed by atoms with Crippen LogP contribution in [0.25, 0.3) is 0 Å². The summed E-state index contributed by atoms with van der Waals surface area (Å²) >= 11 is 5.75. The molecule has 90 valence electrons. The van der Waals surface area contributed by atoms with E-state index in [0.29, 0.717) is 10.7 Å². The molecule has 6 nitrogen and oxygen atoms in total. The van der Waals surface area contributed by atoms with Crippen LogP contribution in [0, 0.1) is 0 Å². The molecule has 1 aromatic rings. The Hall–Kier alpha value is -1.63. The van der Waals surface area contributed by atoms with Crippen molar-refractivity contribution in [3.8, 4) is 0 Å². The first-order chi connectivity index (χ1) is 8.00. The van der Waals surface area contributed by atoms with Crippen LogP contribution in [0.1, 0.15) is 0 Å². The van der Waals surface area contributed by atoms with Crippen LogP contribution in [-0.4, -0.2) is 24.1 Å². The van der Waals surface area contributed by atoms with Crippen LogP contribution in [0.2, 0.25) is 5.02 Å². The summed E-state index contributed by atoms with van der Waals surface area (Å²) in [5.74, 6) is -0.576. The maximum atomic E-state index is 11.7. The van der Waals surface area contributed by atoms with Gasteiger partial charge >= 0.3 is 6.03 Å². The smallest absolute Gasteiger partial charge is 0.317 e. The summed E-state index contributed by atoms with van der Waals surface area (Å²) < 4.78 is 0. The van der Waals surface area contributed by atoms with Crippen LogP contribution in [0.15, 0.2) is 24.3 Å². The van der Waals surface area contributed by atoms with Crippen LogP contribution < -0.4 is 21.7 Å². The average molecular weight is 255 g/mol. The Kier molecular flexibility index (Phi) is 3.01. The molecule has 0 aliphatic carbocycles. The zero-order valence-corrected chi connectivity index (χ0v) is 9.52. The van der Waals surface area contributed by atoms with E-state index in [-0.39, 0.29) is 0 Å². The number of nitrogens with zero attached hydrogens (tertiary/aromatic N) is 1. The number of urea groups is 1. The van der Waals surface area contributed by atoms with Gasteiger partial charge in [-0.2, -0.15) is 0 Å². The van der Waals surface area contributed by atoms with Gasteiger partial charge in [0.15, 0.2) is 0 Å².